The minimum absolute atomic E-state index is 0.148. The van der Waals surface area contributed by atoms with Crippen LogP contribution in [0.2, 0.25) is 0 Å². The lowest BCUT2D eigenvalue weighted by Crippen LogP contribution is -2.44. The zero-order valence-corrected chi connectivity index (χ0v) is 18.8. The van der Waals surface area contributed by atoms with Crippen LogP contribution in [0.15, 0.2) is 77.7 Å². The number of rotatable bonds is 8. The molecule has 10 heteroatoms. The van der Waals surface area contributed by atoms with E-state index in [2.05, 4.69) is 15.3 Å². The molecule has 180 valence electrons. The number of anilines is 1. The minimum Gasteiger partial charge on any atom is -0.480 e. The summed E-state index contributed by atoms with van der Waals surface area (Å²) in [6, 6.07) is 16.7. The van der Waals surface area contributed by atoms with Gasteiger partial charge in [0.2, 0.25) is 10.0 Å². The molecule has 4 aromatic rings. The van der Waals surface area contributed by atoms with E-state index >= 15 is 0 Å². The second-order valence-corrected chi connectivity index (χ2v) is 9.29. The van der Waals surface area contributed by atoms with Crippen LogP contribution in [-0.4, -0.2) is 41.4 Å². The standard InChI is InChI=1S/C25H24N4O5S/c1-15(2)22(25(31)32)29-35(33,34)19-13-9-17(10-14-19)16-7-11-18(12-8-16)26-24(30)23-27-20-5-3-4-6-21(20)28-23/h3-15,22,29H,1-2H3,(H,26,30)(H,27,28)(H,31,32)/t22-/m0/s1/i1D3,2D3. The number of amides is 1. The molecule has 4 N–H and O–H groups in total. The lowest BCUT2D eigenvalue weighted by atomic mass is 10.1. The number of benzene rings is 3. The topological polar surface area (TPSA) is 141 Å². The minimum atomic E-state index is -4.61. The van der Waals surface area contributed by atoms with Crippen LogP contribution in [-0.2, 0) is 14.8 Å². The van der Waals surface area contributed by atoms with Gasteiger partial charge in [-0.15, -0.1) is 0 Å². The van der Waals surface area contributed by atoms with E-state index in [0.717, 1.165) is 5.52 Å². The first-order valence-corrected chi connectivity index (χ1v) is 11.8. The van der Waals surface area contributed by atoms with Crippen molar-refractivity contribution in [3.8, 4) is 11.1 Å². The third-order valence-electron chi connectivity index (χ3n) is 5.13. The number of aliphatic carboxylic acids is 1. The first-order valence-electron chi connectivity index (χ1n) is 13.3. The highest BCUT2D eigenvalue weighted by Crippen LogP contribution is 2.24. The number of aromatic amines is 1. The Hall–Kier alpha value is -4.02. The van der Waals surface area contributed by atoms with Crippen molar-refractivity contribution in [2.24, 2.45) is 5.92 Å². The number of hydrogen-bond donors (Lipinski definition) is 4. The van der Waals surface area contributed by atoms with Crippen molar-refractivity contribution in [3.63, 3.8) is 0 Å². The van der Waals surface area contributed by atoms with Gasteiger partial charge in [0, 0.05) is 13.9 Å². The van der Waals surface area contributed by atoms with E-state index in [-0.39, 0.29) is 5.82 Å². The predicted octanol–water partition coefficient (Wildman–Crippen LogP) is 3.87. The van der Waals surface area contributed by atoms with E-state index < -0.39 is 52.5 Å². The number of nitrogens with one attached hydrogen (secondary N) is 3. The molecule has 0 aliphatic heterocycles. The summed E-state index contributed by atoms with van der Waals surface area (Å²) in [5, 5.41) is 12.2. The van der Waals surface area contributed by atoms with Crippen molar-refractivity contribution in [2.45, 2.75) is 24.6 Å². The van der Waals surface area contributed by atoms with Crippen LogP contribution in [0.25, 0.3) is 22.2 Å². The van der Waals surface area contributed by atoms with Crippen molar-refractivity contribution < 1.29 is 31.3 Å². The predicted molar refractivity (Wildman–Crippen MR) is 133 cm³/mol. The second-order valence-electron chi connectivity index (χ2n) is 7.57. The number of H-pyrrole nitrogens is 1. The van der Waals surface area contributed by atoms with Gasteiger partial charge in [0.05, 0.1) is 15.9 Å². The number of imidazole rings is 1. The molecule has 0 spiro atoms. The highest BCUT2D eigenvalue weighted by molar-refractivity contribution is 7.89. The molecule has 9 nitrogen and oxygen atoms in total. The van der Waals surface area contributed by atoms with E-state index in [4.69, 9.17) is 8.22 Å². The zero-order valence-electron chi connectivity index (χ0n) is 24.0. The van der Waals surface area contributed by atoms with Crippen molar-refractivity contribution in [2.75, 3.05) is 5.32 Å². The summed E-state index contributed by atoms with van der Waals surface area (Å²) in [6.45, 7) is -6.56. The summed E-state index contributed by atoms with van der Waals surface area (Å²) in [6.07, 6.45) is 0. The number of nitrogens with zero attached hydrogens (tertiary/aromatic N) is 1. The molecule has 3 aromatic carbocycles. The zero-order chi connectivity index (χ0) is 30.2. The van der Waals surface area contributed by atoms with Gasteiger partial charge in [-0.05, 0) is 53.4 Å². The molecular weight excluding hydrogens is 468 g/mol. The average molecular weight is 499 g/mol. The molecule has 0 saturated heterocycles. The molecule has 0 unspecified atom stereocenters. The fourth-order valence-corrected chi connectivity index (χ4v) is 4.52. The quantitative estimate of drug-likeness (QED) is 0.291. The summed E-state index contributed by atoms with van der Waals surface area (Å²) in [4.78, 5) is 31.1. The van der Waals surface area contributed by atoms with Gasteiger partial charge >= 0.3 is 5.97 Å². The van der Waals surface area contributed by atoms with Gasteiger partial charge < -0.3 is 15.4 Å². The normalized spacial score (nSPS) is 15.8. The third-order valence-corrected chi connectivity index (χ3v) is 6.58. The van der Waals surface area contributed by atoms with Crippen LogP contribution >= 0.6 is 0 Å². The molecule has 35 heavy (non-hydrogen) atoms. The Bertz CT molecular complexity index is 1640. The van der Waals surface area contributed by atoms with Crippen molar-refractivity contribution in [1.82, 2.24) is 14.7 Å². The molecule has 0 aliphatic carbocycles. The van der Waals surface area contributed by atoms with E-state index in [9.17, 15) is 23.1 Å². The van der Waals surface area contributed by atoms with Gasteiger partial charge in [-0.25, -0.2) is 13.4 Å². The lowest BCUT2D eigenvalue weighted by Gasteiger charge is -2.18. The monoisotopic (exact) mass is 498 g/mol. The van der Waals surface area contributed by atoms with Crippen LogP contribution in [0.4, 0.5) is 5.69 Å². The number of hydrogen-bond acceptors (Lipinski definition) is 5. The van der Waals surface area contributed by atoms with E-state index in [1.165, 1.54) is 24.3 Å². The molecule has 0 saturated carbocycles. The number of para-hydroxylation sites is 2. The molecule has 1 aromatic heterocycles. The first-order chi connectivity index (χ1) is 19.1. The van der Waals surface area contributed by atoms with Gasteiger partial charge in [-0.1, -0.05) is 50.1 Å². The fourth-order valence-electron chi connectivity index (χ4n) is 3.32. The molecule has 1 atom stereocenters. The van der Waals surface area contributed by atoms with E-state index in [1.54, 1.807) is 41.1 Å². The number of aromatic nitrogens is 2. The highest BCUT2D eigenvalue weighted by atomic mass is 32.2. The van der Waals surface area contributed by atoms with Gasteiger partial charge in [-0.3, -0.25) is 9.59 Å². The molecule has 1 amide bonds. The average Bonchev–Trinajstić information content (AvgIpc) is 3.32. The Morgan fingerprint density at radius 2 is 1.60 bits per heavy atom. The van der Waals surface area contributed by atoms with Gasteiger partial charge in [0.25, 0.3) is 5.91 Å². The Morgan fingerprint density at radius 3 is 2.20 bits per heavy atom. The lowest BCUT2D eigenvalue weighted by molar-refractivity contribution is -0.140. The second kappa shape index (κ2) is 9.69. The molecule has 0 fully saturated rings. The summed E-state index contributed by atoms with van der Waals surface area (Å²) in [7, 11) is -4.61. The van der Waals surface area contributed by atoms with E-state index in [0.29, 0.717) is 22.3 Å². The Morgan fingerprint density at radius 1 is 0.971 bits per heavy atom. The Labute approximate surface area is 210 Å². The number of carbonyl (C=O) groups excluding carboxylic acids is 1. The number of carboxylic acids is 1. The number of carbonyl (C=O) groups is 2. The largest absolute Gasteiger partial charge is 0.480 e. The number of fused-ring (bicyclic) bond motifs is 1. The number of sulfonamides is 1. The molecular formula is C25H24N4O5S. The fraction of sp³-hybridized carbons (Fsp3) is 0.160. The SMILES string of the molecule is [2H]C([2H])([2H])C([C@H](NS(=O)(=O)c1ccc(-c2ccc(NC(=O)c3nc4ccccc4[nH]3)cc2)cc1)C(=O)O)C([2H])([2H])[2H]. The maximum atomic E-state index is 12.9. The summed E-state index contributed by atoms with van der Waals surface area (Å²) in [5.41, 5.74) is 3.11. The van der Waals surface area contributed by atoms with Crippen LogP contribution in [0.1, 0.15) is 32.5 Å². The first kappa shape index (κ1) is 17.4. The highest BCUT2D eigenvalue weighted by Gasteiger charge is 2.28. The van der Waals surface area contributed by atoms with Crippen LogP contribution in [0, 0.1) is 5.92 Å². The molecule has 0 radical (unpaired) electrons. The van der Waals surface area contributed by atoms with Crippen LogP contribution in [0.5, 0.6) is 0 Å². The number of carboxylic acid groups (broad SMARTS) is 1. The summed E-state index contributed by atoms with van der Waals surface area (Å²) in [5.74, 6) is -4.70. The summed E-state index contributed by atoms with van der Waals surface area (Å²) < 4.78 is 72.3. The Balaban J connectivity index is 1.48. The maximum Gasteiger partial charge on any atom is 0.322 e. The van der Waals surface area contributed by atoms with E-state index in [1.807, 2.05) is 12.1 Å². The van der Waals surface area contributed by atoms with Gasteiger partial charge in [0.1, 0.15) is 6.04 Å². The van der Waals surface area contributed by atoms with Crippen LogP contribution in [0.3, 0.4) is 0 Å². The van der Waals surface area contributed by atoms with Crippen molar-refractivity contribution in [3.05, 3.63) is 78.6 Å². The van der Waals surface area contributed by atoms with Crippen molar-refractivity contribution >= 4 is 38.6 Å². The molecule has 4 rings (SSSR count). The molecule has 0 aliphatic rings. The van der Waals surface area contributed by atoms with Crippen molar-refractivity contribution in [1.29, 1.82) is 0 Å². The summed E-state index contributed by atoms with van der Waals surface area (Å²) >= 11 is 0. The molecule has 0 bridgehead atoms. The maximum absolute atomic E-state index is 12.9. The molecule has 1 heterocycles. The van der Waals surface area contributed by atoms with Gasteiger partial charge in [-0.2, -0.15) is 4.72 Å². The van der Waals surface area contributed by atoms with Gasteiger partial charge in [0.15, 0.2) is 5.82 Å². The smallest absolute Gasteiger partial charge is 0.322 e. The third kappa shape index (κ3) is 5.39. The van der Waals surface area contributed by atoms with Crippen LogP contribution < -0.4 is 10.0 Å². The Kier molecular flexibility index (Phi) is 4.82.